The van der Waals surface area contributed by atoms with Gasteiger partial charge in [-0.3, -0.25) is 39.7 Å². The van der Waals surface area contributed by atoms with Crippen molar-refractivity contribution in [2.75, 3.05) is 0 Å². The number of pyridine rings is 2. The second-order valence-corrected chi connectivity index (χ2v) is 8.16. The van der Waals surface area contributed by atoms with Crippen LogP contribution in [0.1, 0.15) is 0 Å². The first kappa shape index (κ1) is 21.9. The molecular formula is C26H15N7O4. The minimum atomic E-state index is -0.438. The van der Waals surface area contributed by atoms with Crippen LogP contribution in [0.25, 0.3) is 49.9 Å². The van der Waals surface area contributed by atoms with Crippen LogP contribution in [-0.2, 0) is 0 Å². The molecule has 0 aliphatic rings. The van der Waals surface area contributed by atoms with E-state index < -0.39 is 9.85 Å². The minimum absolute atomic E-state index is 0.0531. The van der Waals surface area contributed by atoms with Gasteiger partial charge < -0.3 is 0 Å². The van der Waals surface area contributed by atoms with Gasteiger partial charge in [0.15, 0.2) is 5.82 Å². The van der Waals surface area contributed by atoms with Crippen molar-refractivity contribution in [2.24, 2.45) is 0 Å². The Bertz CT molecular complexity index is 1740. The normalized spacial score (nSPS) is 11.1. The lowest BCUT2D eigenvalue weighted by Crippen LogP contribution is -1.98. The van der Waals surface area contributed by atoms with Crippen molar-refractivity contribution < 1.29 is 9.85 Å². The maximum atomic E-state index is 11.6. The molecule has 178 valence electrons. The smallest absolute Gasteiger partial charge is 0.280 e. The summed E-state index contributed by atoms with van der Waals surface area (Å²) in [6, 6.07) is 13.8. The van der Waals surface area contributed by atoms with Crippen LogP contribution in [0.4, 0.5) is 11.4 Å². The first-order chi connectivity index (χ1) is 18.0. The Morgan fingerprint density at radius 2 is 1.14 bits per heavy atom. The van der Waals surface area contributed by atoms with Crippen LogP contribution < -0.4 is 0 Å². The standard InChI is InChI=1S/C26H15N7O4/c34-32(35)22-5-7-27-13-20(22)16-1-3-18-19-4-2-17(21-14-28-8-6-23(21)33(36)37)12-25(19)31(24(18)11-16)26-15-29-9-10-30-26/h1-15H. The monoisotopic (exact) mass is 489 g/mol. The highest BCUT2D eigenvalue weighted by molar-refractivity contribution is 6.11. The summed E-state index contributed by atoms with van der Waals surface area (Å²) < 4.78 is 1.88. The molecule has 0 saturated carbocycles. The third kappa shape index (κ3) is 3.62. The summed E-state index contributed by atoms with van der Waals surface area (Å²) >= 11 is 0. The van der Waals surface area contributed by atoms with Gasteiger partial charge in [0.05, 0.1) is 38.2 Å². The van der Waals surface area contributed by atoms with Gasteiger partial charge in [0.25, 0.3) is 11.4 Å². The summed E-state index contributed by atoms with van der Waals surface area (Å²) in [5, 5.41) is 25.0. The van der Waals surface area contributed by atoms with E-state index in [1.54, 1.807) is 18.6 Å². The maximum Gasteiger partial charge on any atom is 0.280 e. The largest absolute Gasteiger partial charge is 0.292 e. The summed E-state index contributed by atoms with van der Waals surface area (Å²) in [5.74, 6) is 0.526. The molecular weight excluding hydrogens is 474 g/mol. The Morgan fingerprint density at radius 3 is 1.59 bits per heavy atom. The van der Waals surface area contributed by atoms with Crippen molar-refractivity contribution in [1.82, 2.24) is 24.5 Å². The highest BCUT2D eigenvalue weighted by Gasteiger charge is 2.21. The van der Waals surface area contributed by atoms with Gasteiger partial charge in [0, 0.05) is 60.1 Å². The first-order valence-electron chi connectivity index (χ1n) is 11.0. The summed E-state index contributed by atoms with van der Waals surface area (Å²) in [6.07, 6.45) is 10.4. The topological polar surface area (TPSA) is 143 Å². The van der Waals surface area contributed by atoms with Crippen molar-refractivity contribution in [2.45, 2.75) is 0 Å². The van der Waals surface area contributed by atoms with Crippen LogP contribution >= 0.6 is 0 Å². The molecule has 11 heteroatoms. The maximum absolute atomic E-state index is 11.6. The fraction of sp³-hybridized carbons (Fsp3) is 0. The number of benzene rings is 2. The summed E-state index contributed by atoms with van der Waals surface area (Å²) in [6.45, 7) is 0. The zero-order valence-electron chi connectivity index (χ0n) is 18.9. The molecule has 0 N–H and O–H groups in total. The lowest BCUT2D eigenvalue weighted by Gasteiger charge is -2.08. The van der Waals surface area contributed by atoms with E-state index in [0.29, 0.717) is 28.1 Å². The van der Waals surface area contributed by atoms with Crippen LogP contribution in [0.2, 0.25) is 0 Å². The van der Waals surface area contributed by atoms with E-state index >= 15 is 0 Å². The van der Waals surface area contributed by atoms with Gasteiger partial charge in [-0.1, -0.05) is 24.3 Å². The van der Waals surface area contributed by atoms with Crippen LogP contribution in [0, 0.1) is 20.2 Å². The Kier molecular flexibility index (Phi) is 5.08. The zero-order valence-corrected chi connectivity index (χ0v) is 18.9. The van der Waals surface area contributed by atoms with Gasteiger partial charge in [-0.15, -0.1) is 0 Å². The molecule has 0 aliphatic heterocycles. The lowest BCUT2D eigenvalue weighted by molar-refractivity contribution is -0.384. The van der Waals surface area contributed by atoms with Gasteiger partial charge in [0.1, 0.15) is 0 Å². The van der Waals surface area contributed by atoms with Crippen LogP contribution in [0.5, 0.6) is 0 Å². The van der Waals surface area contributed by atoms with E-state index in [4.69, 9.17) is 0 Å². The fourth-order valence-corrected chi connectivity index (χ4v) is 4.54. The Hall–Kier alpha value is -5.58. The molecule has 0 aliphatic carbocycles. The SMILES string of the molecule is O=[N+]([O-])c1ccncc1-c1ccc2c3ccc(-c4cnccc4[N+](=O)[O-])cc3n(-c3cnccn3)c2c1. The highest BCUT2D eigenvalue weighted by Crippen LogP contribution is 2.39. The lowest BCUT2D eigenvalue weighted by atomic mass is 10.0. The van der Waals surface area contributed by atoms with Crippen LogP contribution in [0.15, 0.2) is 91.9 Å². The molecule has 4 heterocycles. The van der Waals surface area contributed by atoms with E-state index in [2.05, 4.69) is 19.9 Å². The van der Waals surface area contributed by atoms with Crippen molar-refractivity contribution in [1.29, 1.82) is 0 Å². The summed E-state index contributed by atoms with van der Waals surface area (Å²) in [7, 11) is 0. The fourth-order valence-electron chi connectivity index (χ4n) is 4.54. The third-order valence-corrected chi connectivity index (χ3v) is 6.16. The molecule has 6 rings (SSSR count). The zero-order chi connectivity index (χ0) is 25.5. The molecule has 4 aromatic heterocycles. The Balaban J connectivity index is 1.67. The minimum Gasteiger partial charge on any atom is -0.292 e. The molecule has 6 aromatic rings. The number of nitro groups is 2. The average molecular weight is 489 g/mol. The summed E-state index contributed by atoms with van der Waals surface area (Å²) in [5.41, 5.74) is 3.37. The quantitative estimate of drug-likeness (QED) is 0.228. The molecule has 0 spiro atoms. The number of fused-ring (bicyclic) bond motifs is 3. The number of hydrogen-bond acceptors (Lipinski definition) is 8. The highest BCUT2D eigenvalue weighted by atomic mass is 16.6. The molecule has 0 amide bonds. The molecule has 0 unspecified atom stereocenters. The summed E-state index contributed by atoms with van der Waals surface area (Å²) in [4.78, 5) is 39.2. The number of aromatic nitrogens is 5. The van der Waals surface area contributed by atoms with Crippen molar-refractivity contribution in [3.8, 4) is 28.1 Å². The Morgan fingerprint density at radius 1 is 0.622 bits per heavy atom. The second kappa shape index (κ2) is 8.57. The number of rotatable bonds is 5. The van der Waals surface area contributed by atoms with Gasteiger partial charge in [-0.25, -0.2) is 4.98 Å². The average Bonchev–Trinajstić information content (AvgIpc) is 3.26. The van der Waals surface area contributed by atoms with Gasteiger partial charge in [-0.2, -0.15) is 0 Å². The molecule has 11 nitrogen and oxygen atoms in total. The van der Waals surface area contributed by atoms with E-state index in [1.807, 2.05) is 41.0 Å². The number of hydrogen-bond donors (Lipinski definition) is 0. The first-order valence-corrected chi connectivity index (χ1v) is 11.0. The molecule has 0 saturated heterocycles. The molecule has 0 atom stereocenters. The predicted octanol–water partition coefficient (Wildman–Crippen LogP) is 5.51. The van der Waals surface area contributed by atoms with Crippen molar-refractivity contribution in [3.63, 3.8) is 0 Å². The molecule has 2 aromatic carbocycles. The third-order valence-electron chi connectivity index (χ3n) is 6.16. The van der Waals surface area contributed by atoms with E-state index in [1.165, 1.54) is 36.9 Å². The van der Waals surface area contributed by atoms with Crippen LogP contribution in [-0.4, -0.2) is 34.3 Å². The predicted molar refractivity (Wildman–Crippen MR) is 136 cm³/mol. The molecule has 0 radical (unpaired) electrons. The molecule has 0 fully saturated rings. The van der Waals surface area contributed by atoms with E-state index in [9.17, 15) is 20.2 Å². The second-order valence-electron chi connectivity index (χ2n) is 8.16. The van der Waals surface area contributed by atoms with E-state index in [0.717, 1.165) is 21.8 Å². The molecule has 37 heavy (non-hydrogen) atoms. The number of nitrogens with zero attached hydrogens (tertiary/aromatic N) is 7. The van der Waals surface area contributed by atoms with Gasteiger partial charge in [0.2, 0.25) is 0 Å². The van der Waals surface area contributed by atoms with Gasteiger partial charge in [-0.05, 0) is 23.3 Å². The Labute approximate surface area is 208 Å². The van der Waals surface area contributed by atoms with Crippen molar-refractivity contribution >= 4 is 33.2 Å². The van der Waals surface area contributed by atoms with Crippen LogP contribution in [0.3, 0.4) is 0 Å². The van der Waals surface area contributed by atoms with E-state index in [-0.39, 0.29) is 11.4 Å². The van der Waals surface area contributed by atoms with Gasteiger partial charge >= 0.3 is 0 Å². The molecule has 0 bridgehead atoms. The van der Waals surface area contributed by atoms with Crippen molar-refractivity contribution in [3.05, 3.63) is 112 Å².